The molecule has 4 heteroatoms. The highest BCUT2D eigenvalue weighted by molar-refractivity contribution is 14.1. The zero-order valence-corrected chi connectivity index (χ0v) is 10.2. The van der Waals surface area contributed by atoms with Crippen molar-refractivity contribution in [2.45, 2.75) is 0 Å². The van der Waals surface area contributed by atoms with Crippen molar-refractivity contribution in [2.75, 3.05) is 0 Å². The van der Waals surface area contributed by atoms with E-state index in [9.17, 15) is 0 Å². The normalized spacial score (nSPS) is 10.2. The lowest BCUT2D eigenvalue weighted by Crippen LogP contribution is -1.74. The summed E-state index contributed by atoms with van der Waals surface area (Å²) in [6.07, 6.45) is 0. The van der Waals surface area contributed by atoms with E-state index in [-0.39, 0.29) is 0 Å². The highest BCUT2D eigenvalue weighted by Crippen LogP contribution is 2.25. The van der Waals surface area contributed by atoms with E-state index in [2.05, 4.69) is 49.6 Å². The van der Waals surface area contributed by atoms with Gasteiger partial charge < -0.3 is 4.98 Å². The van der Waals surface area contributed by atoms with Crippen LogP contribution in [0.5, 0.6) is 0 Å². The summed E-state index contributed by atoms with van der Waals surface area (Å²) >= 11 is 5.69. The van der Waals surface area contributed by atoms with Crippen molar-refractivity contribution >= 4 is 49.4 Å². The van der Waals surface area contributed by atoms with Crippen LogP contribution in [0.2, 0.25) is 0 Å². The van der Waals surface area contributed by atoms with Crippen LogP contribution in [0.1, 0.15) is 5.69 Å². The Bertz CT molecular complexity index is 471. The number of hydrogen-bond acceptors (Lipinski definition) is 1. The van der Waals surface area contributed by atoms with Gasteiger partial charge in [0.15, 0.2) is 0 Å². The third kappa shape index (κ3) is 1.58. The summed E-state index contributed by atoms with van der Waals surface area (Å²) in [4.78, 5) is 3.02. The van der Waals surface area contributed by atoms with Crippen molar-refractivity contribution in [1.29, 1.82) is 5.26 Å². The van der Waals surface area contributed by atoms with E-state index in [1.165, 1.54) is 0 Å². The molecule has 0 fully saturated rings. The zero-order valence-electron chi connectivity index (χ0n) is 6.44. The van der Waals surface area contributed by atoms with Crippen LogP contribution in [-0.4, -0.2) is 4.98 Å². The van der Waals surface area contributed by atoms with Crippen molar-refractivity contribution < 1.29 is 0 Å². The highest BCUT2D eigenvalue weighted by Gasteiger charge is 2.03. The van der Waals surface area contributed by atoms with Gasteiger partial charge in [0.1, 0.15) is 11.8 Å². The summed E-state index contributed by atoms with van der Waals surface area (Å²) in [5.74, 6) is 0. The molecule has 64 valence electrons. The van der Waals surface area contributed by atoms with Gasteiger partial charge in [-0.2, -0.15) is 5.26 Å². The number of aromatic amines is 1. The van der Waals surface area contributed by atoms with E-state index in [0.29, 0.717) is 5.69 Å². The molecule has 1 aromatic heterocycles. The zero-order chi connectivity index (χ0) is 9.42. The van der Waals surface area contributed by atoms with E-state index in [0.717, 1.165) is 18.9 Å². The molecular weight excluding hydrogens is 343 g/mol. The number of nitrogens with zero attached hydrogens (tertiary/aromatic N) is 1. The van der Waals surface area contributed by atoms with Gasteiger partial charge in [-0.05, 0) is 56.7 Å². The Morgan fingerprint density at radius 3 is 2.85 bits per heavy atom. The Morgan fingerprint density at radius 1 is 1.38 bits per heavy atom. The predicted molar refractivity (Wildman–Crippen MR) is 63.4 cm³/mol. The van der Waals surface area contributed by atoms with E-state index in [1.54, 1.807) is 0 Å². The van der Waals surface area contributed by atoms with Crippen LogP contribution in [0, 0.1) is 14.9 Å². The fourth-order valence-corrected chi connectivity index (χ4v) is 2.02. The number of halogens is 2. The first-order chi connectivity index (χ1) is 6.20. The summed E-state index contributed by atoms with van der Waals surface area (Å²) in [6, 6.07) is 7.96. The molecule has 0 aliphatic heterocycles. The average Bonchev–Trinajstić information content (AvgIpc) is 2.48. The van der Waals surface area contributed by atoms with Crippen LogP contribution in [0.15, 0.2) is 22.7 Å². The number of fused-ring (bicyclic) bond motifs is 1. The molecule has 0 unspecified atom stereocenters. The van der Waals surface area contributed by atoms with Crippen molar-refractivity contribution in [3.63, 3.8) is 0 Å². The second-order valence-corrected chi connectivity index (χ2v) is 4.66. The fraction of sp³-hybridized carbons (Fsp3) is 0. The lowest BCUT2D eigenvalue weighted by atomic mass is 10.2. The van der Waals surface area contributed by atoms with Gasteiger partial charge in [-0.1, -0.05) is 0 Å². The van der Waals surface area contributed by atoms with E-state index < -0.39 is 0 Å². The van der Waals surface area contributed by atoms with Gasteiger partial charge in [0.05, 0.1) is 0 Å². The summed E-state index contributed by atoms with van der Waals surface area (Å²) in [6.45, 7) is 0. The predicted octanol–water partition coefficient (Wildman–Crippen LogP) is 3.41. The smallest absolute Gasteiger partial charge is 0.118 e. The summed E-state index contributed by atoms with van der Waals surface area (Å²) < 4.78 is 2.19. The molecule has 0 saturated carbocycles. The van der Waals surface area contributed by atoms with Gasteiger partial charge >= 0.3 is 0 Å². The van der Waals surface area contributed by atoms with Crippen LogP contribution >= 0.6 is 38.5 Å². The highest BCUT2D eigenvalue weighted by atomic mass is 127. The minimum absolute atomic E-state index is 0.601. The monoisotopic (exact) mass is 346 g/mol. The largest absolute Gasteiger partial charge is 0.346 e. The third-order valence-corrected chi connectivity index (χ3v) is 4.07. The minimum Gasteiger partial charge on any atom is -0.346 e. The standard InChI is InChI=1S/C9H4BrIN2/c10-7-3-9-5(2-8(7)11)1-6(4-12)13-9/h1-3,13H. The van der Waals surface area contributed by atoms with E-state index in [1.807, 2.05) is 18.2 Å². The van der Waals surface area contributed by atoms with Crippen LogP contribution in [-0.2, 0) is 0 Å². The molecule has 2 rings (SSSR count). The summed E-state index contributed by atoms with van der Waals surface area (Å²) in [5, 5.41) is 9.76. The lowest BCUT2D eigenvalue weighted by Gasteiger charge is -1.95. The number of aromatic nitrogens is 1. The molecule has 0 saturated heterocycles. The number of nitriles is 1. The Kier molecular flexibility index (Phi) is 2.30. The second kappa shape index (κ2) is 3.31. The summed E-state index contributed by atoms with van der Waals surface area (Å²) in [5.41, 5.74) is 1.59. The van der Waals surface area contributed by atoms with Gasteiger partial charge in [0, 0.05) is 18.9 Å². The number of hydrogen-bond donors (Lipinski definition) is 1. The lowest BCUT2D eigenvalue weighted by molar-refractivity contribution is 1.37. The first-order valence-corrected chi connectivity index (χ1v) is 5.46. The van der Waals surface area contributed by atoms with E-state index in [4.69, 9.17) is 5.26 Å². The van der Waals surface area contributed by atoms with Gasteiger partial charge in [0.2, 0.25) is 0 Å². The van der Waals surface area contributed by atoms with Crippen LogP contribution in [0.3, 0.4) is 0 Å². The topological polar surface area (TPSA) is 39.6 Å². The number of H-pyrrole nitrogens is 1. The Labute approximate surface area is 97.2 Å². The molecule has 0 spiro atoms. The minimum atomic E-state index is 0.601. The molecule has 0 amide bonds. The second-order valence-electron chi connectivity index (χ2n) is 2.65. The van der Waals surface area contributed by atoms with E-state index >= 15 is 0 Å². The molecule has 0 radical (unpaired) electrons. The Morgan fingerprint density at radius 2 is 2.15 bits per heavy atom. The maximum absolute atomic E-state index is 8.68. The molecule has 13 heavy (non-hydrogen) atoms. The number of benzene rings is 1. The molecule has 0 aliphatic carbocycles. The molecular formula is C9H4BrIN2. The summed E-state index contributed by atoms with van der Waals surface area (Å²) in [7, 11) is 0. The number of rotatable bonds is 0. The average molecular weight is 347 g/mol. The first-order valence-electron chi connectivity index (χ1n) is 3.58. The van der Waals surface area contributed by atoms with Gasteiger partial charge in [-0.15, -0.1) is 0 Å². The fourth-order valence-electron chi connectivity index (χ4n) is 1.19. The molecule has 1 aromatic carbocycles. The molecule has 2 nitrogen and oxygen atoms in total. The molecule has 2 aromatic rings. The SMILES string of the molecule is N#Cc1cc2cc(I)c(Br)cc2[nH]1. The van der Waals surface area contributed by atoms with Gasteiger partial charge in [0.25, 0.3) is 0 Å². The van der Waals surface area contributed by atoms with Crippen molar-refractivity contribution in [1.82, 2.24) is 4.98 Å². The van der Waals surface area contributed by atoms with Gasteiger partial charge in [-0.3, -0.25) is 0 Å². The molecule has 1 heterocycles. The maximum Gasteiger partial charge on any atom is 0.118 e. The van der Waals surface area contributed by atoms with Crippen LogP contribution < -0.4 is 0 Å². The maximum atomic E-state index is 8.68. The molecule has 0 bridgehead atoms. The van der Waals surface area contributed by atoms with Crippen molar-refractivity contribution in [3.05, 3.63) is 31.9 Å². The van der Waals surface area contributed by atoms with Crippen molar-refractivity contribution in [2.24, 2.45) is 0 Å². The molecule has 1 N–H and O–H groups in total. The van der Waals surface area contributed by atoms with Gasteiger partial charge in [-0.25, -0.2) is 0 Å². The first kappa shape index (κ1) is 9.03. The Balaban J connectivity index is 2.79. The van der Waals surface area contributed by atoms with Crippen LogP contribution in [0.25, 0.3) is 10.9 Å². The Hall–Kier alpha value is -0.540. The molecule has 0 aliphatic rings. The quantitative estimate of drug-likeness (QED) is 0.729. The van der Waals surface area contributed by atoms with Crippen LogP contribution in [0.4, 0.5) is 0 Å². The third-order valence-electron chi connectivity index (χ3n) is 1.78. The number of nitrogens with one attached hydrogen (secondary N) is 1. The molecule has 0 atom stereocenters. The van der Waals surface area contributed by atoms with Crippen molar-refractivity contribution in [3.8, 4) is 6.07 Å².